The second kappa shape index (κ2) is 7.21. The molecular formula is C19H19F2N3O2. The fraction of sp³-hybridized carbons (Fsp3) is 0.263. The average molecular weight is 359 g/mol. The lowest BCUT2D eigenvalue weighted by Gasteiger charge is -2.19. The third-order valence-electron chi connectivity index (χ3n) is 4.31. The van der Waals surface area contributed by atoms with Crippen LogP contribution in [0.4, 0.5) is 8.78 Å². The summed E-state index contributed by atoms with van der Waals surface area (Å²) in [6.07, 6.45) is 0. The summed E-state index contributed by atoms with van der Waals surface area (Å²) < 4.78 is 27.9. The van der Waals surface area contributed by atoms with Crippen molar-refractivity contribution < 1.29 is 18.7 Å². The number of nitrogens with one attached hydrogen (secondary N) is 2. The van der Waals surface area contributed by atoms with Crippen molar-refractivity contribution in [3.63, 3.8) is 0 Å². The van der Waals surface area contributed by atoms with Gasteiger partial charge in [0, 0.05) is 16.5 Å². The number of aromatic nitrogens is 2. The van der Waals surface area contributed by atoms with Crippen LogP contribution < -0.4 is 5.32 Å². The van der Waals surface area contributed by atoms with Crippen molar-refractivity contribution in [2.75, 3.05) is 6.61 Å². The third kappa shape index (κ3) is 3.43. The summed E-state index contributed by atoms with van der Waals surface area (Å²) in [5.74, 6) is -1.56. The topological polar surface area (TPSA) is 78.0 Å². The number of carbonyl (C=O) groups is 1. The number of halogens is 2. The zero-order chi connectivity index (χ0) is 18.8. The molecule has 0 saturated heterocycles. The maximum atomic E-state index is 14.4. The number of aromatic amines is 1. The number of nitrogens with zero attached hydrogens (tertiary/aromatic N) is 1. The maximum absolute atomic E-state index is 14.4. The van der Waals surface area contributed by atoms with Crippen LogP contribution in [0.25, 0.3) is 22.2 Å². The summed E-state index contributed by atoms with van der Waals surface area (Å²) in [6, 6.07) is 7.99. The molecule has 0 aliphatic carbocycles. The van der Waals surface area contributed by atoms with Gasteiger partial charge in [-0.15, -0.1) is 0 Å². The molecule has 5 nitrogen and oxygen atoms in total. The molecule has 3 N–H and O–H groups in total. The molecule has 1 atom stereocenters. The molecule has 0 saturated carbocycles. The molecular weight excluding hydrogens is 340 g/mol. The highest BCUT2D eigenvalue weighted by Crippen LogP contribution is 2.29. The summed E-state index contributed by atoms with van der Waals surface area (Å²) in [4.78, 5) is 12.5. The quantitative estimate of drug-likeness (QED) is 0.654. The first-order valence-electron chi connectivity index (χ1n) is 8.26. The Morgan fingerprint density at radius 1 is 1.27 bits per heavy atom. The number of hydrogen-bond donors (Lipinski definition) is 3. The van der Waals surface area contributed by atoms with Crippen LogP contribution in [-0.4, -0.2) is 33.9 Å². The standard InChI is InChI=1S/C19H19F2N3O2/c1-10(2)16(9-25)22-19(26)12-7-14-17(11-4-3-5-13(20)6-11)23-24-18(14)15(21)8-12/h3-8,10,16,25H,9H2,1-2H3,(H,22,26)(H,23,24). The largest absolute Gasteiger partial charge is 0.394 e. The Morgan fingerprint density at radius 3 is 2.69 bits per heavy atom. The number of hydrogen-bond acceptors (Lipinski definition) is 3. The van der Waals surface area contributed by atoms with Gasteiger partial charge in [-0.25, -0.2) is 8.78 Å². The minimum atomic E-state index is -0.656. The molecule has 7 heteroatoms. The zero-order valence-electron chi connectivity index (χ0n) is 14.4. The first kappa shape index (κ1) is 18.0. The Morgan fingerprint density at radius 2 is 2.04 bits per heavy atom. The van der Waals surface area contributed by atoms with Gasteiger partial charge in [-0.2, -0.15) is 5.10 Å². The maximum Gasteiger partial charge on any atom is 0.251 e. The van der Waals surface area contributed by atoms with E-state index in [9.17, 15) is 18.7 Å². The Bertz CT molecular complexity index is 953. The van der Waals surface area contributed by atoms with Crippen LogP contribution >= 0.6 is 0 Å². The number of benzene rings is 2. The van der Waals surface area contributed by atoms with Crippen molar-refractivity contribution in [2.45, 2.75) is 19.9 Å². The predicted molar refractivity (Wildman–Crippen MR) is 94.6 cm³/mol. The molecule has 0 spiro atoms. The molecule has 0 aliphatic heterocycles. The van der Waals surface area contributed by atoms with Gasteiger partial charge in [-0.3, -0.25) is 9.89 Å². The normalized spacial score (nSPS) is 12.5. The molecule has 1 heterocycles. The zero-order valence-corrected chi connectivity index (χ0v) is 14.4. The van der Waals surface area contributed by atoms with Gasteiger partial charge in [-0.1, -0.05) is 26.0 Å². The average Bonchev–Trinajstić information content (AvgIpc) is 3.03. The van der Waals surface area contributed by atoms with Crippen LogP contribution in [-0.2, 0) is 0 Å². The monoisotopic (exact) mass is 359 g/mol. The number of rotatable bonds is 5. The first-order chi connectivity index (χ1) is 12.4. The summed E-state index contributed by atoms with van der Waals surface area (Å²) in [5.41, 5.74) is 1.10. The van der Waals surface area contributed by atoms with E-state index in [-0.39, 0.29) is 23.6 Å². The Balaban J connectivity index is 2.03. The summed E-state index contributed by atoms with van der Waals surface area (Å²) >= 11 is 0. The molecule has 1 amide bonds. The van der Waals surface area contributed by atoms with Crippen molar-refractivity contribution >= 4 is 16.8 Å². The lowest BCUT2D eigenvalue weighted by Crippen LogP contribution is -2.41. The molecule has 2 aromatic carbocycles. The van der Waals surface area contributed by atoms with E-state index in [0.29, 0.717) is 16.6 Å². The van der Waals surface area contributed by atoms with Gasteiger partial charge in [0.05, 0.1) is 18.3 Å². The molecule has 0 radical (unpaired) electrons. The molecule has 3 aromatic rings. The lowest BCUT2D eigenvalue weighted by molar-refractivity contribution is 0.0896. The number of fused-ring (bicyclic) bond motifs is 1. The van der Waals surface area contributed by atoms with Crippen molar-refractivity contribution in [1.82, 2.24) is 15.5 Å². The van der Waals surface area contributed by atoms with E-state index in [2.05, 4.69) is 15.5 Å². The summed E-state index contributed by atoms with van der Waals surface area (Å²) in [5, 5.41) is 19.1. The van der Waals surface area contributed by atoms with E-state index in [1.807, 2.05) is 13.8 Å². The van der Waals surface area contributed by atoms with Gasteiger partial charge in [-0.05, 0) is 30.2 Å². The smallest absolute Gasteiger partial charge is 0.251 e. The van der Waals surface area contributed by atoms with Gasteiger partial charge in [0.15, 0.2) is 5.82 Å². The highest BCUT2D eigenvalue weighted by Gasteiger charge is 2.20. The van der Waals surface area contributed by atoms with E-state index in [1.165, 1.54) is 18.2 Å². The van der Waals surface area contributed by atoms with Crippen molar-refractivity contribution in [3.05, 3.63) is 53.6 Å². The molecule has 26 heavy (non-hydrogen) atoms. The van der Waals surface area contributed by atoms with Crippen molar-refractivity contribution in [1.29, 1.82) is 0 Å². The lowest BCUT2D eigenvalue weighted by atomic mass is 10.0. The number of aliphatic hydroxyl groups excluding tert-OH is 1. The fourth-order valence-electron chi connectivity index (χ4n) is 2.75. The van der Waals surface area contributed by atoms with Crippen LogP contribution in [0.1, 0.15) is 24.2 Å². The van der Waals surface area contributed by atoms with Crippen LogP contribution in [0.15, 0.2) is 36.4 Å². The van der Waals surface area contributed by atoms with Gasteiger partial charge < -0.3 is 10.4 Å². The molecule has 1 aromatic heterocycles. The van der Waals surface area contributed by atoms with E-state index < -0.39 is 23.6 Å². The van der Waals surface area contributed by atoms with Crippen LogP contribution in [0, 0.1) is 17.6 Å². The first-order valence-corrected chi connectivity index (χ1v) is 8.26. The summed E-state index contributed by atoms with van der Waals surface area (Å²) in [7, 11) is 0. The number of carbonyl (C=O) groups excluding carboxylic acids is 1. The van der Waals surface area contributed by atoms with Crippen LogP contribution in [0.3, 0.4) is 0 Å². The Labute approximate surface area is 149 Å². The highest BCUT2D eigenvalue weighted by atomic mass is 19.1. The van der Waals surface area contributed by atoms with Gasteiger partial charge in [0.2, 0.25) is 0 Å². The number of H-pyrrole nitrogens is 1. The van der Waals surface area contributed by atoms with E-state index in [4.69, 9.17) is 0 Å². The second-order valence-electron chi connectivity index (χ2n) is 6.47. The number of amides is 1. The second-order valence-corrected chi connectivity index (χ2v) is 6.47. The van der Waals surface area contributed by atoms with E-state index in [0.717, 1.165) is 6.07 Å². The Hall–Kier alpha value is -2.80. The van der Waals surface area contributed by atoms with Crippen molar-refractivity contribution in [3.8, 4) is 11.3 Å². The molecule has 0 bridgehead atoms. The number of aliphatic hydroxyl groups is 1. The van der Waals surface area contributed by atoms with Gasteiger partial charge in [0.1, 0.15) is 11.3 Å². The molecule has 3 rings (SSSR count). The predicted octanol–water partition coefficient (Wildman–Crippen LogP) is 3.25. The Kier molecular flexibility index (Phi) is 4.99. The molecule has 1 unspecified atom stereocenters. The van der Waals surface area contributed by atoms with E-state index in [1.54, 1.807) is 12.1 Å². The van der Waals surface area contributed by atoms with Gasteiger partial charge >= 0.3 is 0 Å². The minimum absolute atomic E-state index is 0.0225. The van der Waals surface area contributed by atoms with Gasteiger partial charge in [0.25, 0.3) is 5.91 Å². The summed E-state index contributed by atoms with van der Waals surface area (Å²) in [6.45, 7) is 3.51. The minimum Gasteiger partial charge on any atom is -0.394 e. The van der Waals surface area contributed by atoms with E-state index >= 15 is 0 Å². The van der Waals surface area contributed by atoms with Crippen LogP contribution in [0.2, 0.25) is 0 Å². The molecule has 0 aliphatic rings. The van der Waals surface area contributed by atoms with Crippen molar-refractivity contribution in [2.24, 2.45) is 5.92 Å². The SMILES string of the molecule is CC(C)C(CO)NC(=O)c1cc(F)c2n[nH]c(-c3cccc(F)c3)c2c1. The third-order valence-corrected chi connectivity index (χ3v) is 4.31. The molecule has 0 fully saturated rings. The van der Waals surface area contributed by atoms with Crippen LogP contribution in [0.5, 0.6) is 0 Å². The molecule has 136 valence electrons. The highest BCUT2D eigenvalue weighted by molar-refractivity contribution is 6.01. The fourth-order valence-corrected chi connectivity index (χ4v) is 2.75.